The summed E-state index contributed by atoms with van der Waals surface area (Å²) in [5, 5.41) is -7.71. The normalized spacial score (nSPS) is 32.8. The standard InChI is InChI=1S/C13H20Cl2F4N2O3/c1-5-7(23-3)9(16)20-11(22)21(10(17)8(6-2)24-4)13(15,19)12(20,14)18/h7-10H,5-6H2,1-4H3. The summed E-state index contributed by atoms with van der Waals surface area (Å²) in [6, 6.07) is -1.68. The van der Waals surface area contributed by atoms with Crippen molar-refractivity contribution in [3.63, 3.8) is 0 Å². The van der Waals surface area contributed by atoms with E-state index in [0.717, 1.165) is 14.2 Å². The number of alkyl halides is 6. The zero-order valence-electron chi connectivity index (χ0n) is 13.6. The zero-order chi connectivity index (χ0) is 18.9. The van der Waals surface area contributed by atoms with Gasteiger partial charge in [-0.15, -0.1) is 0 Å². The Labute approximate surface area is 147 Å². The van der Waals surface area contributed by atoms with Crippen LogP contribution in [0, 0.1) is 0 Å². The van der Waals surface area contributed by atoms with Gasteiger partial charge in [0.25, 0.3) is 0 Å². The molecule has 1 fully saturated rings. The lowest BCUT2D eigenvalue weighted by Gasteiger charge is -2.33. The fraction of sp³-hybridized carbons (Fsp3) is 0.923. The number of rotatable bonds is 8. The molecule has 142 valence electrons. The molecule has 11 heteroatoms. The third kappa shape index (κ3) is 3.27. The van der Waals surface area contributed by atoms with Crippen molar-refractivity contribution < 1.29 is 31.8 Å². The highest BCUT2D eigenvalue weighted by Gasteiger charge is 2.73. The van der Waals surface area contributed by atoms with Crippen LogP contribution >= 0.6 is 23.2 Å². The van der Waals surface area contributed by atoms with Gasteiger partial charge in [-0.05, 0) is 12.8 Å². The quantitative estimate of drug-likeness (QED) is 0.353. The Kier molecular flexibility index (Phi) is 7.00. The number of amides is 2. The van der Waals surface area contributed by atoms with Crippen LogP contribution in [-0.2, 0) is 9.47 Å². The van der Waals surface area contributed by atoms with Crippen LogP contribution in [-0.4, -0.2) is 65.4 Å². The fourth-order valence-electron chi connectivity index (χ4n) is 2.45. The van der Waals surface area contributed by atoms with Gasteiger partial charge in [-0.25, -0.2) is 23.4 Å². The molecule has 0 aliphatic carbocycles. The Morgan fingerprint density at radius 3 is 1.46 bits per heavy atom. The molecule has 0 aromatic rings. The van der Waals surface area contributed by atoms with E-state index >= 15 is 0 Å². The third-order valence-corrected chi connectivity index (χ3v) is 4.86. The molecule has 1 heterocycles. The van der Waals surface area contributed by atoms with Gasteiger partial charge >= 0.3 is 16.5 Å². The van der Waals surface area contributed by atoms with Gasteiger partial charge in [0.1, 0.15) is 12.2 Å². The summed E-state index contributed by atoms with van der Waals surface area (Å²) in [4.78, 5) is 11.7. The van der Waals surface area contributed by atoms with Crippen LogP contribution < -0.4 is 0 Å². The second-order valence-electron chi connectivity index (χ2n) is 5.22. The van der Waals surface area contributed by atoms with E-state index in [4.69, 9.17) is 32.7 Å². The van der Waals surface area contributed by atoms with E-state index in [1.54, 1.807) is 0 Å². The highest BCUT2D eigenvalue weighted by atomic mass is 35.5. The monoisotopic (exact) mass is 398 g/mol. The maximum Gasteiger partial charge on any atom is 0.332 e. The van der Waals surface area contributed by atoms with E-state index in [0.29, 0.717) is 0 Å². The summed E-state index contributed by atoms with van der Waals surface area (Å²) >= 11 is 10.8. The van der Waals surface area contributed by atoms with Gasteiger partial charge in [0.15, 0.2) is 0 Å². The molecular formula is C13H20Cl2F4N2O3. The highest BCUT2D eigenvalue weighted by molar-refractivity contribution is 6.35. The average Bonchev–Trinajstić information content (AvgIpc) is 2.62. The average molecular weight is 399 g/mol. The van der Waals surface area contributed by atoms with Crippen molar-refractivity contribution in [2.24, 2.45) is 0 Å². The molecule has 0 bridgehead atoms. The Hall–Kier alpha value is -0.510. The molecule has 24 heavy (non-hydrogen) atoms. The molecular weight excluding hydrogens is 379 g/mol. The van der Waals surface area contributed by atoms with E-state index in [-0.39, 0.29) is 22.6 Å². The smallest absolute Gasteiger partial charge is 0.332 e. The van der Waals surface area contributed by atoms with E-state index in [9.17, 15) is 22.4 Å². The van der Waals surface area contributed by atoms with E-state index < -0.39 is 41.3 Å². The van der Waals surface area contributed by atoms with Gasteiger partial charge in [-0.1, -0.05) is 37.0 Å². The van der Waals surface area contributed by atoms with Crippen LogP contribution in [0.1, 0.15) is 26.7 Å². The first-order chi connectivity index (χ1) is 11.0. The first kappa shape index (κ1) is 21.5. The molecule has 5 nitrogen and oxygen atoms in total. The summed E-state index contributed by atoms with van der Waals surface area (Å²) in [7, 11) is 2.24. The van der Waals surface area contributed by atoms with Crippen molar-refractivity contribution >= 4 is 29.2 Å². The summed E-state index contributed by atoms with van der Waals surface area (Å²) in [6.07, 6.45) is -7.54. The molecule has 0 aromatic carbocycles. The maximum absolute atomic E-state index is 14.7. The Balaban J connectivity index is 3.29. The number of nitrogens with zero attached hydrogens (tertiary/aromatic N) is 2. The number of ether oxygens (including phenoxy) is 2. The predicted octanol–water partition coefficient (Wildman–Crippen LogP) is 3.89. The topological polar surface area (TPSA) is 42.0 Å². The highest BCUT2D eigenvalue weighted by Crippen LogP contribution is 2.52. The zero-order valence-corrected chi connectivity index (χ0v) is 15.1. The van der Waals surface area contributed by atoms with Crippen LogP contribution in [0.5, 0.6) is 0 Å². The minimum atomic E-state index is -3.85. The number of urea groups is 1. The van der Waals surface area contributed by atoms with Gasteiger partial charge in [0.2, 0.25) is 12.6 Å². The van der Waals surface area contributed by atoms with Gasteiger partial charge in [0.05, 0.1) is 0 Å². The van der Waals surface area contributed by atoms with Crippen LogP contribution in [0.3, 0.4) is 0 Å². The van der Waals surface area contributed by atoms with Crippen molar-refractivity contribution in [1.82, 2.24) is 9.80 Å². The number of carbonyl (C=O) groups is 1. The minimum absolute atomic E-state index is 0.0185. The number of hydrogen-bond donors (Lipinski definition) is 0. The minimum Gasteiger partial charge on any atom is -0.376 e. The molecule has 0 radical (unpaired) electrons. The Morgan fingerprint density at radius 1 is 0.958 bits per heavy atom. The molecule has 1 rings (SSSR count). The van der Waals surface area contributed by atoms with E-state index in [1.807, 2.05) is 0 Å². The van der Waals surface area contributed by atoms with Crippen LogP contribution in [0.25, 0.3) is 0 Å². The summed E-state index contributed by atoms with van der Waals surface area (Å²) in [5.74, 6) is 0. The van der Waals surface area contributed by atoms with E-state index in [2.05, 4.69) is 0 Å². The number of halogens is 6. The maximum atomic E-state index is 14.7. The Morgan fingerprint density at radius 2 is 1.25 bits per heavy atom. The van der Waals surface area contributed by atoms with Crippen LogP contribution in [0.4, 0.5) is 22.4 Å². The first-order valence-electron chi connectivity index (χ1n) is 7.24. The summed E-state index contributed by atoms with van der Waals surface area (Å²) in [5.41, 5.74) is 0. The molecule has 1 aliphatic rings. The molecule has 1 aliphatic heterocycles. The molecule has 0 spiro atoms. The number of carbonyl (C=O) groups excluding carboxylic acids is 1. The third-order valence-electron chi connectivity index (χ3n) is 3.90. The molecule has 2 amide bonds. The van der Waals surface area contributed by atoms with Crippen molar-refractivity contribution in [2.45, 2.75) is 62.0 Å². The molecule has 0 aromatic heterocycles. The van der Waals surface area contributed by atoms with Gasteiger partial charge < -0.3 is 9.47 Å². The summed E-state index contributed by atoms with van der Waals surface area (Å²) in [6.45, 7) is 2.99. The summed E-state index contributed by atoms with van der Waals surface area (Å²) < 4.78 is 67.9. The SMILES string of the molecule is CCC(OC)C(F)N1C(=O)N(C(F)C(CC)OC)C(F)(Cl)C1(F)Cl. The molecule has 6 atom stereocenters. The fourth-order valence-corrected chi connectivity index (χ4v) is 2.96. The van der Waals surface area contributed by atoms with Gasteiger partial charge in [-0.3, -0.25) is 0 Å². The molecule has 6 unspecified atom stereocenters. The van der Waals surface area contributed by atoms with Crippen molar-refractivity contribution in [2.75, 3.05) is 14.2 Å². The first-order valence-corrected chi connectivity index (χ1v) is 8.00. The lowest BCUT2D eigenvalue weighted by Crippen LogP contribution is -2.54. The lowest BCUT2D eigenvalue weighted by molar-refractivity contribution is -0.120. The molecule has 1 saturated heterocycles. The lowest BCUT2D eigenvalue weighted by atomic mass is 10.2. The van der Waals surface area contributed by atoms with Crippen LogP contribution in [0.15, 0.2) is 0 Å². The van der Waals surface area contributed by atoms with E-state index in [1.165, 1.54) is 13.8 Å². The second kappa shape index (κ2) is 7.80. The largest absolute Gasteiger partial charge is 0.376 e. The van der Waals surface area contributed by atoms with Gasteiger partial charge in [0, 0.05) is 14.2 Å². The predicted molar refractivity (Wildman–Crippen MR) is 80.4 cm³/mol. The van der Waals surface area contributed by atoms with Crippen molar-refractivity contribution in [3.05, 3.63) is 0 Å². The van der Waals surface area contributed by atoms with Gasteiger partial charge in [-0.2, -0.15) is 8.78 Å². The number of methoxy groups -OCH3 is 2. The second-order valence-corrected chi connectivity index (χ2v) is 6.22. The Bertz CT molecular complexity index is 413. The molecule has 0 N–H and O–H groups in total. The van der Waals surface area contributed by atoms with Crippen molar-refractivity contribution in [1.29, 1.82) is 0 Å². The van der Waals surface area contributed by atoms with Crippen LogP contribution in [0.2, 0.25) is 0 Å². The molecule has 0 saturated carbocycles. The van der Waals surface area contributed by atoms with Crippen molar-refractivity contribution in [3.8, 4) is 0 Å². The number of hydrogen-bond acceptors (Lipinski definition) is 3.